The van der Waals surface area contributed by atoms with E-state index in [0.29, 0.717) is 11.3 Å². The van der Waals surface area contributed by atoms with E-state index in [1.54, 1.807) is 11.8 Å². The van der Waals surface area contributed by atoms with Gasteiger partial charge in [-0.1, -0.05) is 32.0 Å². The van der Waals surface area contributed by atoms with E-state index in [1.807, 2.05) is 30.3 Å². The Morgan fingerprint density at radius 3 is 2.80 bits per heavy atom. The second kappa shape index (κ2) is 5.44. The first-order valence-corrected chi connectivity index (χ1v) is 7.89. The fraction of sp³-hybridized carbons (Fsp3) is 0.375. The molecule has 1 heterocycles. The number of nitrogens with zero attached hydrogens (tertiary/aromatic N) is 1. The van der Waals surface area contributed by atoms with E-state index in [0.717, 1.165) is 34.3 Å². The van der Waals surface area contributed by atoms with Gasteiger partial charge in [-0.3, -0.25) is 4.79 Å². The largest absolute Gasteiger partial charge is 0.349 e. The Hall–Kier alpha value is -1.55. The Morgan fingerprint density at radius 1 is 1.35 bits per heavy atom. The summed E-state index contributed by atoms with van der Waals surface area (Å²) in [6.45, 7) is 4.26. The molecule has 104 valence electrons. The zero-order valence-electron chi connectivity index (χ0n) is 11.7. The molecule has 0 spiro atoms. The highest BCUT2D eigenvalue weighted by molar-refractivity contribution is 7.99. The zero-order chi connectivity index (χ0) is 14.1. The van der Waals surface area contributed by atoms with Crippen molar-refractivity contribution in [1.29, 1.82) is 0 Å². The molecule has 1 aromatic carbocycles. The molecule has 20 heavy (non-hydrogen) atoms. The van der Waals surface area contributed by atoms with Crippen LogP contribution < -0.4 is 5.32 Å². The normalized spacial score (nSPS) is 14.8. The summed E-state index contributed by atoms with van der Waals surface area (Å²) in [5.74, 6) is 0.0247. The molecule has 0 radical (unpaired) electrons. The van der Waals surface area contributed by atoms with Gasteiger partial charge in [-0.25, -0.2) is 4.98 Å². The molecule has 1 aliphatic carbocycles. The van der Waals surface area contributed by atoms with Crippen molar-refractivity contribution in [2.45, 2.75) is 43.0 Å². The van der Waals surface area contributed by atoms with Gasteiger partial charge in [-0.05, 0) is 25.0 Å². The van der Waals surface area contributed by atoms with Crippen molar-refractivity contribution in [2.24, 2.45) is 0 Å². The lowest BCUT2D eigenvalue weighted by Gasteiger charge is -2.10. The van der Waals surface area contributed by atoms with Crippen LogP contribution in [0.15, 0.2) is 35.4 Å². The van der Waals surface area contributed by atoms with Crippen molar-refractivity contribution in [3.05, 3.63) is 35.9 Å². The fourth-order valence-electron chi connectivity index (χ4n) is 2.13. The molecule has 3 nitrogen and oxygen atoms in total. The molecular weight excluding hydrogens is 268 g/mol. The van der Waals surface area contributed by atoms with Gasteiger partial charge in [0.1, 0.15) is 0 Å². The van der Waals surface area contributed by atoms with E-state index in [4.69, 9.17) is 0 Å². The molecule has 3 rings (SSSR count). The number of hydrogen-bond acceptors (Lipinski definition) is 3. The van der Waals surface area contributed by atoms with E-state index in [2.05, 4.69) is 24.1 Å². The van der Waals surface area contributed by atoms with Gasteiger partial charge in [0.15, 0.2) is 0 Å². The SMILES string of the molecule is CC(C)Sc1cc(C(=O)NC2CC2)c2ccccc2n1. The van der Waals surface area contributed by atoms with Gasteiger partial charge < -0.3 is 5.32 Å². The van der Waals surface area contributed by atoms with Gasteiger partial charge in [0.05, 0.1) is 16.1 Å². The van der Waals surface area contributed by atoms with Crippen molar-refractivity contribution in [1.82, 2.24) is 10.3 Å². The van der Waals surface area contributed by atoms with Crippen LogP contribution in [0.4, 0.5) is 0 Å². The molecule has 4 heteroatoms. The number of hydrogen-bond donors (Lipinski definition) is 1. The molecule has 2 aromatic rings. The molecule has 1 N–H and O–H groups in total. The number of rotatable bonds is 4. The van der Waals surface area contributed by atoms with Crippen molar-refractivity contribution in [2.75, 3.05) is 0 Å². The summed E-state index contributed by atoms with van der Waals surface area (Å²) < 4.78 is 0. The summed E-state index contributed by atoms with van der Waals surface area (Å²) in [6.07, 6.45) is 2.20. The quantitative estimate of drug-likeness (QED) is 0.873. The third kappa shape index (κ3) is 2.96. The highest BCUT2D eigenvalue weighted by atomic mass is 32.2. The summed E-state index contributed by atoms with van der Waals surface area (Å²) in [7, 11) is 0. The maximum absolute atomic E-state index is 12.4. The minimum Gasteiger partial charge on any atom is -0.349 e. The van der Waals surface area contributed by atoms with Crippen LogP contribution in [0, 0.1) is 0 Å². The van der Waals surface area contributed by atoms with E-state index in [9.17, 15) is 4.79 Å². The molecule has 1 aliphatic rings. The first kappa shape index (κ1) is 13.4. The number of carbonyl (C=O) groups is 1. The molecule has 0 aliphatic heterocycles. The standard InChI is InChI=1S/C16H18N2OS/c1-10(2)20-15-9-13(16(19)17-11-7-8-11)12-5-3-4-6-14(12)18-15/h3-6,9-11H,7-8H2,1-2H3,(H,17,19). The Morgan fingerprint density at radius 2 is 2.10 bits per heavy atom. The number of thioether (sulfide) groups is 1. The number of benzene rings is 1. The number of fused-ring (bicyclic) bond motifs is 1. The van der Waals surface area contributed by atoms with Crippen LogP contribution in [-0.2, 0) is 0 Å². The van der Waals surface area contributed by atoms with Gasteiger partial charge in [0.2, 0.25) is 0 Å². The summed E-state index contributed by atoms with van der Waals surface area (Å²) in [5.41, 5.74) is 1.63. The van der Waals surface area contributed by atoms with Gasteiger partial charge >= 0.3 is 0 Å². The van der Waals surface area contributed by atoms with Crippen molar-refractivity contribution < 1.29 is 4.79 Å². The molecule has 1 aromatic heterocycles. The van der Waals surface area contributed by atoms with Crippen LogP contribution in [0.25, 0.3) is 10.9 Å². The van der Waals surface area contributed by atoms with Crippen LogP contribution in [-0.4, -0.2) is 22.2 Å². The van der Waals surface area contributed by atoms with Crippen molar-refractivity contribution in [3.8, 4) is 0 Å². The molecule has 1 fully saturated rings. The first-order chi connectivity index (χ1) is 9.63. The number of pyridine rings is 1. The number of aromatic nitrogens is 1. The number of nitrogens with one attached hydrogen (secondary N) is 1. The molecule has 1 saturated carbocycles. The van der Waals surface area contributed by atoms with Gasteiger partial charge in [0.25, 0.3) is 5.91 Å². The maximum atomic E-state index is 12.4. The summed E-state index contributed by atoms with van der Waals surface area (Å²) >= 11 is 1.69. The Balaban J connectivity index is 2.03. The lowest BCUT2D eigenvalue weighted by molar-refractivity contribution is 0.0952. The molecular formula is C16H18N2OS. The van der Waals surface area contributed by atoms with Crippen LogP contribution in [0.2, 0.25) is 0 Å². The first-order valence-electron chi connectivity index (χ1n) is 7.01. The predicted molar refractivity (Wildman–Crippen MR) is 83.2 cm³/mol. The summed E-state index contributed by atoms with van der Waals surface area (Å²) in [5, 5.41) is 5.36. The average molecular weight is 286 g/mol. The Labute approximate surface area is 123 Å². The highest BCUT2D eigenvalue weighted by Crippen LogP contribution is 2.27. The molecule has 0 unspecified atom stereocenters. The Bertz CT molecular complexity index is 650. The van der Waals surface area contributed by atoms with E-state index in [-0.39, 0.29) is 5.91 Å². The monoisotopic (exact) mass is 286 g/mol. The maximum Gasteiger partial charge on any atom is 0.252 e. The lowest BCUT2D eigenvalue weighted by Crippen LogP contribution is -2.25. The number of carbonyl (C=O) groups excluding carboxylic acids is 1. The van der Waals surface area contributed by atoms with Crippen LogP contribution >= 0.6 is 11.8 Å². The third-order valence-electron chi connectivity index (χ3n) is 3.21. The number of amides is 1. The second-order valence-electron chi connectivity index (χ2n) is 5.44. The minimum absolute atomic E-state index is 0.0247. The van der Waals surface area contributed by atoms with E-state index in [1.165, 1.54) is 0 Å². The predicted octanol–water partition coefficient (Wildman–Crippen LogP) is 3.63. The second-order valence-corrected chi connectivity index (χ2v) is 7.04. The number of para-hydroxylation sites is 1. The van der Waals surface area contributed by atoms with Gasteiger partial charge in [-0.2, -0.15) is 0 Å². The Kier molecular flexibility index (Phi) is 3.66. The molecule has 0 atom stereocenters. The van der Waals surface area contributed by atoms with E-state index >= 15 is 0 Å². The van der Waals surface area contributed by atoms with Crippen LogP contribution in [0.1, 0.15) is 37.0 Å². The summed E-state index contributed by atoms with van der Waals surface area (Å²) in [4.78, 5) is 17.0. The highest BCUT2D eigenvalue weighted by Gasteiger charge is 2.25. The van der Waals surface area contributed by atoms with E-state index < -0.39 is 0 Å². The van der Waals surface area contributed by atoms with Crippen molar-refractivity contribution >= 4 is 28.6 Å². The smallest absolute Gasteiger partial charge is 0.252 e. The zero-order valence-corrected chi connectivity index (χ0v) is 12.5. The minimum atomic E-state index is 0.0247. The topological polar surface area (TPSA) is 42.0 Å². The fourth-order valence-corrected chi connectivity index (χ4v) is 2.95. The lowest BCUT2D eigenvalue weighted by atomic mass is 10.1. The van der Waals surface area contributed by atoms with Crippen LogP contribution in [0.5, 0.6) is 0 Å². The molecule has 0 bridgehead atoms. The van der Waals surface area contributed by atoms with Gasteiger partial charge in [-0.15, -0.1) is 11.8 Å². The van der Waals surface area contributed by atoms with Crippen molar-refractivity contribution in [3.63, 3.8) is 0 Å². The van der Waals surface area contributed by atoms with Gasteiger partial charge in [0, 0.05) is 16.7 Å². The molecule has 0 saturated heterocycles. The molecule has 1 amide bonds. The van der Waals surface area contributed by atoms with Crippen LogP contribution in [0.3, 0.4) is 0 Å². The summed E-state index contributed by atoms with van der Waals surface area (Å²) in [6, 6.07) is 10.1. The average Bonchev–Trinajstić information content (AvgIpc) is 3.21. The third-order valence-corrected chi connectivity index (χ3v) is 4.13.